The maximum absolute atomic E-state index is 12.5. The molecule has 1 heterocycles. The van der Waals surface area contributed by atoms with Crippen molar-refractivity contribution in [3.63, 3.8) is 0 Å². The van der Waals surface area contributed by atoms with E-state index in [1.54, 1.807) is 20.3 Å². The predicted molar refractivity (Wildman–Crippen MR) is 112 cm³/mol. The van der Waals surface area contributed by atoms with E-state index in [1.807, 2.05) is 66.7 Å². The molecular weight excluding hydrogens is 368 g/mol. The van der Waals surface area contributed by atoms with E-state index in [-0.39, 0.29) is 0 Å². The molecular formula is C24H20O5. The molecule has 0 saturated carbocycles. The average molecular weight is 388 g/mol. The minimum Gasteiger partial charge on any atom is -0.497 e. The quantitative estimate of drug-likeness (QED) is 0.432. The second-order valence-electron chi connectivity index (χ2n) is 6.52. The first-order valence-electron chi connectivity index (χ1n) is 9.14. The summed E-state index contributed by atoms with van der Waals surface area (Å²) in [6.45, 7) is 0.386. The second-order valence-corrected chi connectivity index (χ2v) is 6.52. The summed E-state index contributed by atoms with van der Waals surface area (Å²) in [4.78, 5) is 12.5. The monoisotopic (exact) mass is 388 g/mol. The molecule has 0 unspecified atom stereocenters. The van der Waals surface area contributed by atoms with Crippen LogP contribution in [0.5, 0.6) is 17.2 Å². The first kappa shape index (κ1) is 18.6. The van der Waals surface area contributed by atoms with Gasteiger partial charge < -0.3 is 18.6 Å². The van der Waals surface area contributed by atoms with Crippen molar-refractivity contribution in [3.05, 3.63) is 88.8 Å². The fraction of sp³-hybridized carbons (Fsp3) is 0.125. The Balaban J connectivity index is 1.58. The molecule has 0 fully saturated rings. The number of methoxy groups -OCH3 is 2. The smallest absolute Gasteiger partial charge is 0.344 e. The molecule has 4 aromatic rings. The van der Waals surface area contributed by atoms with Gasteiger partial charge in [0.2, 0.25) is 0 Å². The first-order valence-corrected chi connectivity index (χ1v) is 9.14. The highest BCUT2D eigenvalue weighted by Crippen LogP contribution is 2.26. The summed E-state index contributed by atoms with van der Waals surface area (Å²) in [5, 5.41) is 0.823. The third kappa shape index (κ3) is 4.09. The molecule has 1 aromatic heterocycles. The van der Waals surface area contributed by atoms with Crippen LogP contribution in [-0.2, 0) is 6.61 Å². The van der Waals surface area contributed by atoms with Gasteiger partial charge in [-0.05, 0) is 53.6 Å². The van der Waals surface area contributed by atoms with Crippen molar-refractivity contribution in [1.82, 2.24) is 0 Å². The van der Waals surface area contributed by atoms with Gasteiger partial charge in [-0.1, -0.05) is 24.3 Å². The predicted octanol–water partition coefficient (Wildman–Crippen LogP) is 5.06. The van der Waals surface area contributed by atoms with Gasteiger partial charge in [-0.15, -0.1) is 0 Å². The summed E-state index contributed by atoms with van der Waals surface area (Å²) in [7, 11) is 3.23. The maximum Gasteiger partial charge on any atom is 0.344 e. The number of hydrogen-bond donors (Lipinski definition) is 0. The Kier molecular flexibility index (Phi) is 5.20. The summed E-state index contributed by atoms with van der Waals surface area (Å²) in [5.41, 5.74) is 2.36. The van der Waals surface area contributed by atoms with Gasteiger partial charge in [0.25, 0.3) is 0 Å². The molecule has 0 radical (unpaired) electrons. The molecule has 0 aliphatic rings. The van der Waals surface area contributed by atoms with Crippen LogP contribution < -0.4 is 19.8 Å². The van der Waals surface area contributed by atoms with Crippen LogP contribution in [0, 0.1) is 0 Å². The van der Waals surface area contributed by atoms with E-state index in [9.17, 15) is 4.79 Å². The molecule has 146 valence electrons. The van der Waals surface area contributed by atoms with Crippen molar-refractivity contribution in [2.45, 2.75) is 6.61 Å². The van der Waals surface area contributed by atoms with E-state index in [1.165, 1.54) is 0 Å². The summed E-state index contributed by atoms with van der Waals surface area (Å²) in [6.07, 6.45) is 0. The summed E-state index contributed by atoms with van der Waals surface area (Å²) >= 11 is 0. The molecule has 0 bridgehead atoms. The van der Waals surface area contributed by atoms with Crippen LogP contribution in [0.2, 0.25) is 0 Å². The fourth-order valence-electron chi connectivity index (χ4n) is 3.08. The lowest BCUT2D eigenvalue weighted by Gasteiger charge is -2.09. The highest BCUT2D eigenvalue weighted by molar-refractivity contribution is 5.82. The molecule has 0 spiro atoms. The van der Waals surface area contributed by atoms with E-state index < -0.39 is 5.63 Å². The number of hydrogen-bond acceptors (Lipinski definition) is 5. The minimum atomic E-state index is -0.396. The Morgan fingerprint density at radius 1 is 0.793 bits per heavy atom. The summed E-state index contributed by atoms with van der Waals surface area (Å²) in [5.74, 6) is 2.14. The number of ether oxygens (including phenoxy) is 3. The fourth-order valence-corrected chi connectivity index (χ4v) is 3.08. The zero-order chi connectivity index (χ0) is 20.2. The lowest BCUT2D eigenvalue weighted by Crippen LogP contribution is -2.03. The van der Waals surface area contributed by atoms with E-state index in [0.29, 0.717) is 23.5 Å². The van der Waals surface area contributed by atoms with Crippen LogP contribution in [-0.4, -0.2) is 14.2 Å². The zero-order valence-electron chi connectivity index (χ0n) is 16.2. The number of fused-ring (bicyclic) bond motifs is 1. The normalized spacial score (nSPS) is 10.7. The topological polar surface area (TPSA) is 57.9 Å². The van der Waals surface area contributed by atoms with Gasteiger partial charge in [-0.3, -0.25) is 0 Å². The van der Waals surface area contributed by atoms with Crippen LogP contribution in [0.3, 0.4) is 0 Å². The van der Waals surface area contributed by atoms with Crippen LogP contribution in [0.4, 0.5) is 0 Å². The van der Waals surface area contributed by atoms with Crippen molar-refractivity contribution in [2.75, 3.05) is 14.2 Å². The Morgan fingerprint density at radius 3 is 2.31 bits per heavy atom. The molecule has 0 amide bonds. The van der Waals surface area contributed by atoms with Crippen molar-refractivity contribution >= 4 is 11.0 Å². The van der Waals surface area contributed by atoms with Gasteiger partial charge in [0.1, 0.15) is 29.4 Å². The molecule has 0 atom stereocenters. The average Bonchev–Trinajstić information content (AvgIpc) is 2.77. The Hall–Kier alpha value is -3.73. The van der Waals surface area contributed by atoms with Crippen LogP contribution in [0.15, 0.2) is 82.0 Å². The van der Waals surface area contributed by atoms with Crippen molar-refractivity contribution in [1.29, 1.82) is 0 Å². The standard InChI is InChI=1S/C24H20O5/c1-26-19-9-6-17(7-10-19)22-13-18-8-11-21(14-23(18)29-24(22)25)28-15-16-4-3-5-20(12-16)27-2/h3-14H,15H2,1-2H3. The van der Waals surface area contributed by atoms with Crippen LogP contribution in [0.25, 0.3) is 22.1 Å². The lowest BCUT2D eigenvalue weighted by atomic mass is 10.1. The van der Waals surface area contributed by atoms with Crippen LogP contribution in [0.1, 0.15) is 5.56 Å². The number of rotatable bonds is 6. The summed E-state index contributed by atoms with van der Waals surface area (Å²) < 4.78 is 21.8. The molecule has 3 aromatic carbocycles. The third-order valence-electron chi connectivity index (χ3n) is 4.65. The van der Waals surface area contributed by atoms with E-state index >= 15 is 0 Å². The minimum absolute atomic E-state index is 0.386. The SMILES string of the molecule is COc1ccc(-c2cc3ccc(OCc4cccc(OC)c4)cc3oc2=O)cc1. The molecule has 4 rings (SSSR count). The molecule has 0 aliphatic carbocycles. The molecule has 0 N–H and O–H groups in total. The van der Waals surface area contributed by atoms with Gasteiger partial charge in [0, 0.05) is 11.5 Å². The summed E-state index contributed by atoms with van der Waals surface area (Å²) in [6, 6.07) is 22.3. The van der Waals surface area contributed by atoms with Crippen molar-refractivity contribution in [2.24, 2.45) is 0 Å². The first-order chi connectivity index (χ1) is 14.2. The largest absolute Gasteiger partial charge is 0.497 e. The van der Waals surface area contributed by atoms with Gasteiger partial charge in [-0.2, -0.15) is 0 Å². The van der Waals surface area contributed by atoms with E-state index in [0.717, 1.165) is 28.0 Å². The van der Waals surface area contributed by atoms with Gasteiger partial charge >= 0.3 is 5.63 Å². The molecule has 29 heavy (non-hydrogen) atoms. The van der Waals surface area contributed by atoms with Gasteiger partial charge in [0.15, 0.2) is 0 Å². The maximum atomic E-state index is 12.5. The second kappa shape index (κ2) is 8.10. The van der Waals surface area contributed by atoms with E-state index in [2.05, 4.69) is 0 Å². The zero-order valence-corrected chi connectivity index (χ0v) is 16.2. The molecule has 5 nitrogen and oxygen atoms in total. The Morgan fingerprint density at radius 2 is 1.55 bits per heavy atom. The third-order valence-corrected chi connectivity index (χ3v) is 4.65. The van der Waals surface area contributed by atoms with Crippen molar-refractivity contribution < 1.29 is 18.6 Å². The molecule has 0 aliphatic heterocycles. The van der Waals surface area contributed by atoms with Crippen LogP contribution >= 0.6 is 0 Å². The molecule has 0 saturated heterocycles. The Labute approximate surface area is 168 Å². The Bertz CT molecular complexity index is 1190. The van der Waals surface area contributed by atoms with Gasteiger partial charge in [0.05, 0.1) is 19.8 Å². The van der Waals surface area contributed by atoms with E-state index in [4.69, 9.17) is 18.6 Å². The highest BCUT2D eigenvalue weighted by atomic mass is 16.5. The highest BCUT2D eigenvalue weighted by Gasteiger charge is 2.09. The van der Waals surface area contributed by atoms with Gasteiger partial charge in [-0.25, -0.2) is 4.79 Å². The molecule has 5 heteroatoms. The lowest BCUT2D eigenvalue weighted by molar-refractivity contribution is 0.305. The number of benzene rings is 3. The van der Waals surface area contributed by atoms with Crippen molar-refractivity contribution in [3.8, 4) is 28.4 Å².